The molecule has 0 radical (unpaired) electrons. The largest absolute Gasteiger partial charge is 0.507 e. The van der Waals surface area contributed by atoms with Crippen molar-refractivity contribution in [1.82, 2.24) is 0 Å². The molecule has 0 aliphatic rings. The molecule has 0 bridgehead atoms. The van der Waals surface area contributed by atoms with Crippen molar-refractivity contribution in [3.05, 3.63) is 72.8 Å². The Morgan fingerprint density at radius 1 is 0.654 bits per heavy atom. The second-order valence-electron chi connectivity index (χ2n) is 7.56. The highest BCUT2D eigenvalue weighted by atomic mass is 32.2. The number of rotatable bonds is 2. The van der Waals surface area contributed by atoms with Crippen LogP contribution in [0, 0.1) is 0 Å². The van der Waals surface area contributed by atoms with Gasteiger partial charge in [-0.05, 0) is 33.7 Å². The van der Waals surface area contributed by atoms with Gasteiger partial charge in [0.05, 0.1) is 0 Å². The Balaban J connectivity index is 2.14. The van der Waals surface area contributed by atoms with Gasteiger partial charge in [0.25, 0.3) is 0 Å². The third-order valence-electron chi connectivity index (χ3n) is 4.46. The van der Waals surface area contributed by atoms with Crippen LogP contribution in [-0.2, 0) is 0 Å². The Morgan fingerprint density at radius 2 is 1.19 bits per heavy atom. The molecular weight excluding hydrogens is 336 g/mol. The van der Waals surface area contributed by atoms with Crippen molar-refractivity contribution in [3.63, 3.8) is 0 Å². The summed E-state index contributed by atoms with van der Waals surface area (Å²) in [6.07, 6.45) is 0. The van der Waals surface area contributed by atoms with Gasteiger partial charge in [0, 0.05) is 20.8 Å². The van der Waals surface area contributed by atoms with Crippen LogP contribution in [0.1, 0.15) is 20.8 Å². The monoisotopic (exact) mass is 358 g/mol. The maximum Gasteiger partial charge on any atom is 0.124 e. The molecule has 26 heavy (non-hydrogen) atoms. The fourth-order valence-corrected chi connectivity index (χ4v) is 4.56. The summed E-state index contributed by atoms with van der Waals surface area (Å²) in [4.78, 5) is 1.20. The van der Waals surface area contributed by atoms with Crippen molar-refractivity contribution in [2.45, 2.75) is 30.4 Å². The van der Waals surface area contributed by atoms with Crippen LogP contribution in [0.3, 0.4) is 0 Å². The normalized spacial score (nSPS) is 12.0. The zero-order chi connectivity index (χ0) is 18.3. The molecule has 4 aromatic carbocycles. The minimum atomic E-state index is 0.0808. The molecule has 0 spiro atoms. The molecule has 0 saturated heterocycles. The van der Waals surface area contributed by atoms with Gasteiger partial charge in [-0.25, -0.2) is 0 Å². The standard InChI is InChI=1S/C24H22OS/c1-24(2,3)26-21-15-13-17-9-5-7-11-19(17)23(21)22-18-10-6-4-8-16(18)12-14-20(22)25/h4-15,25H,1-3H3. The van der Waals surface area contributed by atoms with E-state index in [2.05, 4.69) is 69.3 Å². The molecule has 0 unspecified atom stereocenters. The molecule has 0 fully saturated rings. The number of hydrogen-bond acceptors (Lipinski definition) is 2. The summed E-state index contributed by atoms with van der Waals surface area (Å²) >= 11 is 1.84. The minimum absolute atomic E-state index is 0.0808. The maximum absolute atomic E-state index is 10.8. The molecule has 1 N–H and O–H groups in total. The Kier molecular flexibility index (Phi) is 4.16. The second-order valence-corrected chi connectivity index (χ2v) is 9.42. The lowest BCUT2D eigenvalue weighted by atomic mass is 9.93. The number of benzene rings is 4. The zero-order valence-electron chi connectivity index (χ0n) is 15.3. The number of thioether (sulfide) groups is 1. The molecule has 0 heterocycles. The number of hydrogen-bond donors (Lipinski definition) is 1. The van der Waals surface area contributed by atoms with E-state index in [1.165, 1.54) is 15.7 Å². The first-order valence-electron chi connectivity index (χ1n) is 8.86. The smallest absolute Gasteiger partial charge is 0.124 e. The van der Waals surface area contributed by atoms with E-state index in [1.54, 1.807) is 0 Å². The van der Waals surface area contributed by atoms with Crippen LogP contribution in [0.15, 0.2) is 77.7 Å². The third-order valence-corrected chi connectivity index (χ3v) is 5.64. The molecule has 4 aromatic rings. The van der Waals surface area contributed by atoms with Crippen LogP contribution < -0.4 is 0 Å². The molecule has 0 atom stereocenters. The summed E-state index contributed by atoms with van der Waals surface area (Å²) in [6.45, 7) is 6.67. The van der Waals surface area contributed by atoms with Gasteiger partial charge in [-0.3, -0.25) is 0 Å². The first kappa shape index (κ1) is 17.0. The van der Waals surface area contributed by atoms with E-state index in [4.69, 9.17) is 0 Å². The predicted molar refractivity (Wildman–Crippen MR) is 114 cm³/mol. The van der Waals surface area contributed by atoms with E-state index in [0.717, 1.165) is 21.9 Å². The molecule has 130 valence electrons. The molecule has 4 rings (SSSR count). The van der Waals surface area contributed by atoms with Crippen LogP contribution in [0.25, 0.3) is 32.7 Å². The Bertz CT molecular complexity index is 1110. The molecule has 0 saturated carbocycles. The minimum Gasteiger partial charge on any atom is -0.507 e. The second kappa shape index (κ2) is 6.37. The van der Waals surface area contributed by atoms with E-state index < -0.39 is 0 Å². The number of phenolic OH excluding ortho intramolecular Hbond substituents is 1. The molecule has 0 aromatic heterocycles. The molecule has 1 nitrogen and oxygen atoms in total. The number of phenols is 1. The van der Waals surface area contributed by atoms with Crippen molar-refractivity contribution in [1.29, 1.82) is 0 Å². The summed E-state index contributed by atoms with van der Waals surface area (Å²) in [7, 11) is 0. The highest BCUT2D eigenvalue weighted by Gasteiger charge is 2.20. The van der Waals surface area contributed by atoms with Gasteiger partial charge in [0.15, 0.2) is 0 Å². The molecule has 0 aliphatic heterocycles. The summed E-state index contributed by atoms with van der Waals surface area (Å²) in [5.41, 5.74) is 2.05. The summed E-state index contributed by atoms with van der Waals surface area (Å²) in [6, 6.07) is 24.8. The lowest BCUT2D eigenvalue weighted by Crippen LogP contribution is -2.07. The maximum atomic E-state index is 10.8. The average Bonchev–Trinajstić information content (AvgIpc) is 2.61. The highest BCUT2D eigenvalue weighted by molar-refractivity contribution is 8.00. The Hall–Kier alpha value is -2.45. The fourth-order valence-electron chi connectivity index (χ4n) is 3.45. The SMILES string of the molecule is CC(C)(C)Sc1ccc2ccccc2c1-c1c(O)ccc2ccccc12. The van der Waals surface area contributed by atoms with Gasteiger partial charge >= 0.3 is 0 Å². The topological polar surface area (TPSA) is 20.2 Å². The van der Waals surface area contributed by atoms with Crippen LogP contribution in [0.4, 0.5) is 0 Å². The molecular formula is C24H22OS. The number of fused-ring (bicyclic) bond motifs is 2. The average molecular weight is 359 g/mol. The van der Waals surface area contributed by atoms with E-state index in [9.17, 15) is 5.11 Å². The Labute approximate surface area is 158 Å². The summed E-state index contributed by atoms with van der Waals surface area (Å²) in [5.74, 6) is 0.329. The molecule has 0 aliphatic carbocycles. The first-order valence-corrected chi connectivity index (χ1v) is 9.67. The van der Waals surface area contributed by atoms with E-state index in [0.29, 0.717) is 5.75 Å². The summed E-state index contributed by atoms with van der Waals surface area (Å²) in [5, 5.41) is 15.4. The van der Waals surface area contributed by atoms with E-state index in [1.807, 2.05) is 36.0 Å². The van der Waals surface area contributed by atoms with E-state index in [-0.39, 0.29) is 4.75 Å². The van der Waals surface area contributed by atoms with Crippen LogP contribution in [0.2, 0.25) is 0 Å². The molecule has 0 amide bonds. The van der Waals surface area contributed by atoms with Gasteiger partial charge in [-0.1, -0.05) is 81.4 Å². The van der Waals surface area contributed by atoms with Gasteiger partial charge < -0.3 is 5.11 Å². The zero-order valence-corrected chi connectivity index (χ0v) is 16.1. The Morgan fingerprint density at radius 3 is 1.81 bits per heavy atom. The van der Waals surface area contributed by atoms with Crippen molar-refractivity contribution in [2.24, 2.45) is 0 Å². The van der Waals surface area contributed by atoms with Crippen molar-refractivity contribution in [3.8, 4) is 16.9 Å². The quantitative estimate of drug-likeness (QED) is 0.381. The lowest BCUT2D eigenvalue weighted by Gasteiger charge is -2.22. The van der Waals surface area contributed by atoms with Crippen molar-refractivity contribution >= 4 is 33.3 Å². The van der Waals surface area contributed by atoms with Crippen LogP contribution in [0.5, 0.6) is 5.75 Å². The van der Waals surface area contributed by atoms with Crippen LogP contribution in [-0.4, -0.2) is 9.85 Å². The van der Waals surface area contributed by atoms with Crippen LogP contribution >= 0.6 is 11.8 Å². The van der Waals surface area contributed by atoms with E-state index >= 15 is 0 Å². The predicted octanol–water partition coefficient (Wildman–Crippen LogP) is 7.26. The van der Waals surface area contributed by atoms with Crippen molar-refractivity contribution < 1.29 is 5.11 Å². The van der Waals surface area contributed by atoms with Gasteiger partial charge in [-0.15, -0.1) is 11.8 Å². The van der Waals surface area contributed by atoms with Gasteiger partial charge in [0.2, 0.25) is 0 Å². The first-order chi connectivity index (χ1) is 12.4. The van der Waals surface area contributed by atoms with Gasteiger partial charge in [-0.2, -0.15) is 0 Å². The van der Waals surface area contributed by atoms with Gasteiger partial charge in [0.1, 0.15) is 5.75 Å². The fraction of sp³-hybridized carbons (Fsp3) is 0.167. The lowest BCUT2D eigenvalue weighted by molar-refractivity contribution is 0.478. The number of aromatic hydroxyl groups is 1. The molecule has 2 heteroatoms. The third kappa shape index (κ3) is 3.06. The summed E-state index contributed by atoms with van der Waals surface area (Å²) < 4.78 is 0.0808. The highest BCUT2D eigenvalue weighted by Crippen LogP contribution is 2.47. The van der Waals surface area contributed by atoms with Crippen molar-refractivity contribution in [2.75, 3.05) is 0 Å².